The molecule has 0 fully saturated rings. The number of halogens is 8. The van der Waals surface area contributed by atoms with E-state index in [-0.39, 0.29) is 0 Å². The van der Waals surface area contributed by atoms with Crippen LogP contribution < -0.4 is 10.4 Å². The van der Waals surface area contributed by atoms with Gasteiger partial charge in [-0.3, -0.25) is 0 Å². The number of nitriles is 5. The number of fused-ring (bicyclic) bond motifs is 1. The van der Waals surface area contributed by atoms with Crippen molar-refractivity contribution in [3.8, 4) is 30.3 Å². The van der Waals surface area contributed by atoms with Gasteiger partial charge in [0.25, 0.3) is 0 Å². The van der Waals surface area contributed by atoms with Gasteiger partial charge in [0, 0.05) is 10.4 Å². The standard InChI is InChI=1S/C22HF8N7/c23-15-14(16(24)18(26)19(27)17(15)25)9(3-32)8-1-7(2-31)13(10(4-33)22(28,29)30)21-20(8)36-11(5-34)12(6-35)37-21/h1H/b9-8+,13-10+. The zero-order valence-electron chi connectivity index (χ0n) is 17.2. The van der Waals surface area contributed by atoms with Crippen LogP contribution in [-0.4, -0.2) is 16.1 Å². The highest BCUT2D eigenvalue weighted by Gasteiger charge is 2.36. The lowest BCUT2D eigenvalue weighted by Crippen LogP contribution is -2.28. The van der Waals surface area contributed by atoms with Crippen LogP contribution in [0, 0.1) is 85.7 Å². The zero-order valence-corrected chi connectivity index (χ0v) is 17.2. The first-order valence-corrected chi connectivity index (χ1v) is 9.10. The Bertz CT molecular complexity index is 1850. The number of aromatic nitrogens is 2. The number of rotatable bonds is 1. The monoisotopic (exact) mass is 515 g/mol. The van der Waals surface area contributed by atoms with Crippen molar-refractivity contribution >= 4 is 22.2 Å². The third-order valence-electron chi connectivity index (χ3n) is 4.76. The van der Waals surface area contributed by atoms with Gasteiger partial charge < -0.3 is 0 Å². The molecule has 37 heavy (non-hydrogen) atoms. The lowest BCUT2D eigenvalue weighted by molar-refractivity contribution is -0.0683. The minimum absolute atomic E-state index is 0.374. The molecule has 1 heterocycles. The van der Waals surface area contributed by atoms with Crippen LogP contribution in [0.2, 0.25) is 0 Å². The van der Waals surface area contributed by atoms with Crippen LogP contribution in [-0.2, 0) is 0 Å². The number of hydrogen-bond donors (Lipinski definition) is 0. The molecule has 1 aromatic heterocycles. The van der Waals surface area contributed by atoms with E-state index in [0.29, 0.717) is 6.07 Å². The van der Waals surface area contributed by atoms with Gasteiger partial charge in [-0.25, -0.2) is 31.9 Å². The summed E-state index contributed by atoms with van der Waals surface area (Å²) in [6, 6.07) is 6.33. The minimum Gasteiger partial charge on any atom is -0.232 e. The SMILES string of the molecule is N#C/C(c1c(F)c(F)c(F)c(F)c1F)=c1/cc(C#N)/c(=C(/C#N)C(F)(F)F)c2nc(C#N)c(C#N)nc12. The van der Waals surface area contributed by atoms with E-state index in [0.717, 1.165) is 12.1 Å². The third-order valence-corrected chi connectivity index (χ3v) is 4.76. The van der Waals surface area contributed by atoms with E-state index in [1.165, 1.54) is 18.2 Å². The van der Waals surface area contributed by atoms with Gasteiger partial charge in [-0.05, 0) is 6.07 Å². The van der Waals surface area contributed by atoms with Crippen LogP contribution in [0.25, 0.3) is 22.2 Å². The van der Waals surface area contributed by atoms with E-state index in [9.17, 15) is 56.2 Å². The van der Waals surface area contributed by atoms with Gasteiger partial charge in [0.1, 0.15) is 35.4 Å². The Hall–Kier alpha value is -5.59. The smallest absolute Gasteiger partial charge is 0.232 e. The van der Waals surface area contributed by atoms with Crippen LogP contribution >= 0.6 is 0 Å². The number of alkyl halides is 3. The van der Waals surface area contributed by atoms with E-state index >= 15 is 0 Å². The minimum atomic E-state index is -5.42. The highest BCUT2D eigenvalue weighted by atomic mass is 19.4. The summed E-state index contributed by atoms with van der Waals surface area (Å²) >= 11 is 0. The van der Waals surface area contributed by atoms with E-state index in [4.69, 9.17) is 5.26 Å². The fourth-order valence-electron chi connectivity index (χ4n) is 3.23. The molecule has 0 spiro atoms. The molecular weight excluding hydrogens is 514 g/mol. The Morgan fingerprint density at radius 2 is 1.16 bits per heavy atom. The molecule has 0 saturated heterocycles. The maximum atomic E-state index is 14.5. The van der Waals surface area contributed by atoms with Gasteiger partial charge in [-0.2, -0.15) is 39.5 Å². The molecule has 0 aliphatic carbocycles. The molecule has 2 aromatic carbocycles. The Kier molecular flexibility index (Phi) is 6.48. The summed E-state index contributed by atoms with van der Waals surface area (Å²) in [4.78, 5) is 7.12. The van der Waals surface area contributed by atoms with Crippen molar-refractivity contribution in [3.63, 3.8) is 0 Å². The first-order valence-electron chi connectivity index (χ1n) is 9.10. The molecule has 3 aromatic rings. The lowest BCUT2D eigenvalue weighted by Gasteiger charge is -2.11. The Morgan fingerprint density at radius 1 is 0.676 bits per heavy atom. The highest BCUT2D eigenvalue weighted by Crippen LogP contribution is 2.29. The van der Waals surface area contributed by atoms with Gasteiger partial charge in [0.15, 0.2) is 34.7 Å². The van der Waals surface area contributed by atoms with Gasteiger partial charge in [-0.1, -0.05) is 0 Å². The van der Waals surface area contributed by atoms with Crippen LogP contribution in [0.15, 0.2) is 6.07 Å². The van der Waals surface area contributed by atoms with Gasteiger partial charge in [0.05, 0.1) is 28.3 Å². The molecule has 0 radical (unpaired) electrons. The molecule has 0 amide bonds. The molecule has 0 N–H and O–H groups in total. The summed E-state index contributed by atoms with van der Waals surface area (Å²) in [5, 5.41) is 44.4. The number of nitrogens with zero attached hydrogens (tertiary/aromatic N) is 7. The first-order chi connectivity index (χ1) is 17.4. The van der Waals surface area contributed by atoms with Gasteiger partial charge in [-0.15, -0.1) is 0 Å². The Morgan fingerprint density at radius 3 is 1.57 bits per heavy atom. The quantitative estimate of drug-likeness (QED) is 0.275. The van der Waals surface area contributed by atoms with Crippen LogP contribution in [0.5, 0.6) is 0 Å². The predicted octanol–water partition coefficient (Wildman–Crippen LogP) is 2.90. The highest BCUT2D eigenvalue weighted by molar-refractivity contribution is 5.90. The molecule has 0 unspecified atom stereocenters. The second-order valence-corrected chi connectivity index (χ2v) is 6.72. The van der Waals surface area contributed by atoms with E-state index in [1.807, 2.05) is 0 Å². The maximum Gasteiger partial charge on any atom is 0.426 e. The lowest BCUT2D eigenvalue weighted by atomic mass is 9.97. The van der Waals surface area contributed by atoms with E-state index in [1.54, 1.807) is 0 Å². The summed E-state index contributed by atoms with van der Waals surface area (Å²) < 4.78 is 111. The van der Waals surface area contributed by atoms with Crippen molar-refractivity contribution in [1.82, 2.24) is 9.97 Å². The fourth-order valence-corrected chi connectivity index (χ4v) is 3.23. The van der Waals surface area contributed by atoms with E-state index in [2.05, 4.69) is 9.97 Å². The van der Waals surface area contributed by atoms with Crippen molar-refractivity contribution < 1.29 is 35.1 Å². The molecule has 0 atom stereocenters. The average molecular weight is 515 g/mol. The predicted molar refractivity (Wildman–Crippen MR) is 102 cm³/mol. The third kappa shape index (κ3) is 3.99. The fraction of sp³-hybridized carbons (Fsp3) is 0.0455. The molecule has 3 rings (SSSR count). The molecule has 15 heteroatoms. The van der Waals surface area contributed by atoms with Crippen molar-refractivity contribution in [2.45, 2.75) is 6.18 Å². The van der Waals surface area contributed by atoms with Crippen molar-refractivity contribution in [1.29, 1.82) is 26.3 Å². The van der Waals surface area contributed by atoms with Crippen LogP contribution in [0.4, 0.5) is 35.1 Å². The molecule has 0 aliphatic rings. The first kappa shape index (κ1) is 26.0. The van der Waals surface area contributed by atoms with Crippen molar-refractivity contribution in [2.75, 3.05) is 0 Å². The summed E-state index contributed by atoms with van der Waals surface area (Å²) in [6.45, 7) is 0. The second kappa shape index (κ2) is 9.22. The zero-order chi connectivity index (χ0) is 27.8. The summed E-state index contributed by atoms with van der Waals surface area (Å²) in [5.74, 6) is -12.5. The molecule has 0 aliphatic heterocycles. The number of hydrogen-bond acceptors (Lipinski definition) is 7. The van der Waals surface area contributed by atoms with Crippen LogP contribution in [0.3, 0.4) is 0 Å². The topological polar surface area (TPSA) is 145 Å². The van der Waals surface area contributed by atoms with Gasteiger partial charge in [0.2, 0.25) is 5.82 Å². The summed E-state index contributed by atoms with van der Waals surface area (Å²) in [7, 11) is 0. The van der Waals surface area contributed by atoms with Crippen LogP contribution in [0.1, 0.15) is 22.5 Å². The van der Waals surface area contributed by atoms with Crippen molar-refractivity contribution in [3.05, 3.63) is 68.1 Å². The molecule has 180 valence electrons. The number of benzene rings is 2. The average Bonchev–Trinajstić information content (AvgIpc) is 2.87. The Labute approximate surface area is 198 Å². The largest absolute Gasteiger partial charge is 0.426 e. The van der Waals surface area contributed by atoms with Gasteiger partial charge >= 0.3 is 6.18 Å². The Balaban J connectivity index is 2.90. The van der Waals surface area contributed by atoms with Crippen molar-refractivity contribution in [2.24, 2.45) is 0 Å². The van der Waals surface area contributed by atoms with E-state index < -0.39 is 90.4 Å². The maximum absolute atomic E-state index is 14.5. The summed E-state index contributed by atoms with van der Waals surface area (Å²) in [5.41, 5.74) is -10.2. The molecule has 0 bridgehead atoms. The molecular formula is C22HF8N7. The molecule has 0 saturated carbocycles. The molecule has 7 nitrogen and oxygen atoms in total. The summed E-state index contributed by atoms with van der Waals surface area (Å²) in [6.07, 6.45) is -5.42. The normalized spacial score (nSPS) is 12.5. The second-order valence-electron chi connectivity index (χ2n) is 6.72.